The van der Waals surface area contributed by atoms with Crippen molar-refractivity contribution < 1.29 is 9.47 Å². The SMILES string of the molecule is C1COC2COC2C1. The number of hydrogen-bond donors (Lipinski definition) is 0. The highest BCUT2D eigenvalue weighted by molar-refractivity contribution is 4.82. The quantitative estimate of drug-likeness (QED) is 0.458. The van der Waals surface area contributed by atoms with E-state index in [4.69, 9.17) is 9.47 Å². The molecule has 46 valence electrons. The Morgan fingerprint density at radius 2 is 2.12 bits per heavy atom. The summed E-state index contributed by atoms with van der Waals surface area (Å²) in [6, 6.07) is 0. The number of ether oxygens (including phenoxy) is 2. The molecule has 0 N–H and O–H groups in total. The minimum absolute atomic E-state index is 0.462. The first kappa shape index (κ1) is 4.77. The highest BCUT2D eigenvalue weighted by atomic mass is 16.6. The molecule has 2 nitrogen and oxygen atoms in total. The van der Waals surface area contributed by atoms with Gasteiger partial charge in [0, 0.05) is 6.61 Å². The van der Waals surface area contributed by atoms with E-state index in [2.05, 4.69) is 0 Å². The van der Waals surface area contributed by atoms with Gasteiger partial charge < -0.3 is 9.47 Å². The van der Waals surface area contributed by atoms with Gasteiger partial charge in [-0.2, -0.15) is 0 Å². The van der Waals surface area contributed by atoms with Crippen LogP contribution in [-0.4, -0.2) is 25.4 Å². The zero-order valence-corrected chi connectivity index (χ0v) is 4.80. The summed E-state index contributed by atoms with van der Waals surface area (Å²) in [6.07, 6.45) is 3.32. The summed E-state index contributed by atoms with van der Waals surface area (Å²) in [5, 5.41) is 0. The molecule has 0 aliphatic carbocycles. The molecule has 2 fully saturated rings. The van der Waals surface area contributed by atoms with Gasteiger partial charge in [0.2, 0.25) is 0 Å². The molecule has 8 heavy (non-hydrogen) atoms. The topological polar surface area (TPSA) is 18.5 Å². The van der Waals surface area contributed by atoms with Crippen molar-refractivity contribution in [1.82, 2.24) is 0 Å². The third-order valence-corrected chi connectivity index (χ3v) is 1.85. The molecule has 0 radical (unpaired) electrons. The first-order chi connectivity index (χ1) is 3.97. The van der Waals surface area contributed by atoms with E-state index in [9.17, 15) is 0 Å². The number of fused-ring (bicyclic) bond motifs is 1. The summed E-state index contributed by atoms with van der Waals surface area (Å²) < 4.78 is 10.6. The Kier molecular flexibility index (Phi) is 1.02. The molecule has 2 unspecified atom stereocenters. The first-order valence-electron chi connectivity index (χ1n) is 3.20. The summed E-state index contributed by atoms with van der Waals surface area (Å²) in [4.78, 5) is 0. The van der Waals surface area contributed by atoms with Gasteiger partial charge in [-0.1, -0.05) is 0 Å². The lowest BCUT2D eigenvalue weighted by Gasteiger charge is -2.39. The van der Waals surface area contributed by atoms with Gasteiger partial charge in [-0.25, -0.2) is 0 Å². The molecular formula is C6H10O2. The first-order valence-corrected chi connectivity index (χ1v) is 3.20. The van der Waals surface area contributed by atoms with E-state index in [1.165, 1.54) is 12.8 Å². The predicted octanol–water partition coefficient (Wildman–Crippen LogP) is 0.564. The van der Waals surface area contributed by atoms with E-state index < -0.39 is 0 Å². The lowest BCUT2D eigenvalue weighted by molar-refractivity contribution is -0.211. The van der Waals surface area contributed by atoms with Crippen LogP contribution in [0, 0.1) is 0 Å². The monoisotopic (exact) mass is 114 g/mol. The van der Waals surface area contributed by atoms with E-state index in [1.54, 1.807) is 0 Å². The zero-order chi connectivity index (χ0) is 5.40. The molecule has 0 bridgehead atoms. The molecule has 2 rings (SSSR count). The van der Waals surface area contributed by atoms with Gasteiger partial charge in [-0.15, -0.1) is 0 Å². The summed E-state index contributed by atoms with van der Waals surface area (Å²) >= 11 is 0. The van der Waals surface area contributed by atoms with Crippen LogP contribution in [0.15, 0.2) is 0 Å². The van der Waals surface area contributed by atoms with Crippen molar-refractivity contribution in [2.75, 3.05) is 13.2 Å². The van der Waals surface area contributed by atoms with Crippen molar-refractivity contribution in [3.8, 4) is 0 Å². The van der Waals surface area contributed by atoms with Crippen LogP contribution < -0.4 is 0 Å². The van der Waals surface area contributed by atoms with E-state index >= 15 is 0 Å². The molecule has 2 heterocycles. The molecule has 0 aromatic rings. The fourth-order valence-corrected chi connectivity index (χ4v) is 1.25. The fraction of sp³-hybridized carbons (Fsp3) is 1.00. The average molecular weight is 114 g/mol. The summed E-state index contributed by atoms with van der Waals surface area (Å²) in [5.41, 5.74) is 0. The van der Waals surface area contributed by atoms with E-state index in [0.29, 0.717) is 12.2 Å². The molecule has 0 aromatic heterocycles. The number of rotatable bonds is 0. The molecule has 2 heteroatoms. The van der Waals surface area contributed by atoms with Crippen molar-refractivity contribution in [2.24, 2.45) is 0 Å². The maximum Gasteiger partial charge on any atom is 0.107 e. The maximum atomic E-state index is 5.35. The van der Waals surface area contributed by atoms with Crippen molar-refractivity contribution in [3.05, 3.63) is 0 Å². The van der Waals surface area contributed by atoms with Crippen molar-refractivity contribution >= 4 is 0 Å². The van der Waals surface area contributed by atoms with Crippen LogP contribution in [0.25, 0.3) is 0 Å². The zero-order valence-electron chi connectivity index (χ0n) is 4.80. The van der Waals surface area contributed by atoms with Gasteiger partial charge in [0.05, 0.1) is 12.7 Å². The molecule has 2 aliphatic rings. The van der Waals surface area contributed by atoms with Crippen LogP contribution in [0.1, 0.15) is 12.8 Å². The molecule has 2 aliphatic heterocycles. The highest BCUT2D eigenvalue weighted by Gasteiger charge is 2.34. The van der Waals surface area contributed by atoms with Gasteiger partial charge in [0.1, 0.15) is 6.10 Å². The van der Waals surface area contributed by atoms with Crippen LogP contribution in [0.4, 0.5) is 0 Å². The Morgan fingerprint density at radius 1 is 1.12 bits per heavy atom. The van der Waals surface area contributed by atoms with Gasteiger partial charge in [0.25, 0.3) is 0 Å². The minimum Gasteiger partial charge on any atom is -0.373 e. The van der Waals surface area contributed by atoms with Gasteiger partial charge >= 0.3 is 0 Å². The smallest absolute Gasteiger partial charge is 0.107 e. The molecular weight excluding hydrogens is 104 g/mol. The Labute approximate surface area is 48.8 Å². The predicted molar refractivity (Wildman–Crippen MR) is 28.7 cm³/mol. The van der Waals surface area contributed by atoms with Crippen LogP contribution in [0.3, 0.4) is 0 Å². The summed E-state index contributed by atoms with van der Waals surface area (Å²) in [5.74, 6) is 0. The van der Waals surface area contributed by atoms with E-state index in [1.807, 2.05) is 0 Å². The normalized spacial score (nSPS) is 45.0. The van der Waals surface area contributed by atoms with Crippen molar-refractivity contribution in [3.63, 3.8) is 0 Å². The standard InChI is InChI=1S/C6H10O2/c1-2-5-6(4-8-5)7-3-1/h5-6H,1-4H2. The Bertz CT molecular complexity index is 80.5. The van der Waals surface area contributed by atoms with Crippen LogP contribution in [-0.2, 0) is 9.47 Å². The van der Waals surface area contributed by atoms with Crippen LogP contribution in [0.2, 0.25) is 0 Å². The van der Waals surface area contributed by atoms with Gasteiger partial charge in [0.15, 0.2) is 0 Å². The second-order valence-electron chi connectivity index (χ2n) is 2.42. The highest BCUT2D eigenvalue weighted by Crippen LogP contribution is 2.24. The molecule has 0 amide bonds. The minimum atomic E-state index is 0.462. The third kappa shape index (κ3) is 0.565. The summed E-state index contributed by atoms with van der Waals surface area (Å²) in [7, 11) is 0. The maximum absolute atomic E-state index is 5.35. The second-order valence-corrected chi connectivity index (χ2v) is 2.42. The summed E-state index contributed by atoms with van der Waals surface area (Å²) in [6.45, 7) is 1.79. The van der Waals surface area contributed by atoms with Gasteiger partial charge in [-0.05, 0) is 12.8 Å². The molecule has 0 spiro atoms. The molecule has 2 atom stereocenters. The average Bonchev–Trinajstić information content (AvgIpc) is 1.72. The van der Waals surface area contributed by atoms with E-state index in [0.717, 1.165) is 13.2 Å². The fourth-order valence-electron chi connectivity index (χ4n) is 1.25. The largest absolute Gasteiger partial charge is 0.373 e. The van der Waals surface area contributed by atoms with Crippen LogP contribution >= 0.6 is 0 Å². The second kappa shape index (κ2) is 1.71. The molecule has 0 aromatic carbocycles. The van der Waals surface area contributed by atoms with Gasteiger partial charge in [-0.3, -0.25) is 0 Å². The Balaban J connectivity index is 1.92. The molecule has 0 saturated carbocycles. The Hall–Kier alpha value is -0.0800. The number of hydrogen-bond acceptors (Lipinski definition) is 2. The van der Waals surface area contributed by atoms with Crippen LogP contribution in [0.5, 0.6) is 0 Å². The van der Waals surface area contributed by atoms with E-state index in [-0.39, 0.29) is 0 Å². The van der Waals surface area contributed by atoms with Crippen molar-refractivity contribution in [1.29, 1.82) is 0 Å². The molecule has 2 saturated heterocycles. The lowest BCUT2D eigenvalue weighted by atomic mass is 10.0. The Morgan fingerprint density at radius 3 is 2.50 bits per heavy atom. The third-order valence-electron chi connectivity index (χ3n) is 1.85. The lowest BCUT2D eigenvalue weighted by Crippen LogP contribution is -2.49. The van der Waals surface area contributed by atoms with Crippen molar-refractivity contribution in [2.45, 2.75) is 25.0 Å².